The van der Waals surface area contributed by atoms with Crippen molar-refractivity contribution >= 4 is 46.0 Å². The van der Waals surface area contributed by atoms with E-state index in [4.69, 9.17) is 16.3 Å². The summed E-state index contributed by atoms with van der Waals surface area (Å²) in [6.07, 6.45) is 1.14. The van der Waals surface area contributed by atoms with Gasteiger partial charge in [-0.1, -0.05) is 30.3 Å². The van der Waals surface area contributed by atoms with Gasteiger partial charge in [-0.05, 0) is 43.7 Å². The fourth-order valence-electron chi connectivity index (χ4n) is 5.41. The van der Waals surface area contributed by atoms with Crippen LogP contribution in [0.2, 0.25) is 5.02 Å². The van der Waals surface area contributed by atoms with Gasteiger partial charge in [0, 0.05) is 53.9 Å². The van der Waals surface area contributed by atoms with Gasteiger partial charge < -0.3 is 14.5 Å². The highest BCUT2D eigenvalue weighted by atomic mass is 35.5. The molecule has 3 heterocycles. The number of hydrogen-bond acceptors (Lipinski definition) is 6. The van der Waals surface area contributed by atoms with E-state index in [1.54, 1.807) is 35.6 Å². The molecule has 0 saturated carbocycles. The number of methoxy groups -OCH3 is 1. The Bertz CT molecular complexity index is 1430. The highest BCUT2D eigenvalue weighted by Crippen LogP contribution is 2.45. The molecular formula is C27H28ClFN4O3S. The second kappa shape index (κ2) is 10.1. The van der Waals surface area contributed by atoms with Crippen molar-refractivity contribution in [3.05, 3.63) is 64.3 Å². The van der Waals surface area contributed by atoms with Crippen molar-refractivity contribution in [3.63, 3.8) is 0 Å². The maximum atomic E-state index is 13.7. The Morgan fingerprint density at radius 3 is 2.51 bits per heavy atom. The molecule has 2 aromatic carbocycles. The van der Waals surface area contributed by atoms with Crippen molar-refractivity contribution in [2.75, 3.05) is 30.9 Å². The Labute approximate surface area is 223 Å². The second-order valence-electron chi connectivity index (χ2n) is 9.52. The van der Waals surface area contributed by atoms with E-state index < -0.39 is 0 Å². The first-order valence-electron chi connectivity index (χ1n) is 12.1. The number of benzene rings is 2. The van der Waals surface area contributed by atoms with Crippen LogP contribution in [0.15, 0.2) is 52.7 Å². The molecule has 2 aliphatic heterocycles. The number of amides is 1. The number of ether oxygens (including phenoxy) is 1. The van der Waals surface area contributed by atoms with Crippen LogP contribution in [0.4, 0.5) is 10.2 Å². The van der Waals surface area contributed by atoms with Gasteiger partial charge in [0.1, 0.15) is 11.6 Å². The summed E-state index contributed by atoms with van der Waals surface area (Å²) in [5.74, 6) is 0.716. The zero-order chi connectivity index (χ0) is 26.4. The zero-order valence-corrected chi connectivity index (χ0v) is 22.5. The molecule has 1 aromatic heterocycles. The van der Waals surface area contributed by atoms with Crippen molar-refractivity contribution in [2.45, 2.75) is 43.5 Å². The number of piperazine rings is 1. The lowest BCUT2D eigenvalue weighted by Gasteiger charge is -2.44. The molecule has 1 amide bonds. The van der Waals surface area contributed by atoms with Crippen molar-refractivity contribution in [1.82, 2.24) is 14.5 Å². The summed E-state index contributed by atoms with van der Waals surface area (Å²) >= 11 is 8.49. The van der Waals surface area contributed by atoms with E-state index in [1.807, 2.05) is 24.8 Å². The van der Waals surface area contributed by atoms with Crippen LogP contribution in [0.1, 0.15) is 13.8 Å². The van der Waals surface area contributed by atoms with E-state index >= 15 is 0 Å². The van der Waals surface area contributed by atoms with Crippen molar-refractivity contribution < 1.29 is 13.9 Å². The number of aromatic nitrogens is 2. The third kappa shape index (κ3) is 4.53. The maximum Gasteiger partial charge on any atom is 0.350 e. The summed E-state index contributed by atoms with van der Waals surface area (Å²) in [6.45, 7) is 8.96. The van der Waals surface area contributed by atoms with E-state index in [-0.39, 0.29) is 35.6 Å². The minimum absolute atomic E-state index is 0.107. The number of anilines is 1. The van der Waals surface area contributed by atoms with Crippen LogP contribution in [-0.4, -0.2) is 64.5 Å². The van der Waals surface area contributed by atoms with Gasteiger partial charge in [0.15, 0.2) is 0 Å². The van der Waals surface area contributed by atoms with Crippen molar-refractivity contribution in [1.29, 1.82) is 0 Å². The van der Waals surface area contributed by atoms with Gasteiger partial charge in [0.2, 0.25) is 5.91 Å². The Morgan fingerprint density at radius 2 is 1.89 bits per heavy atom. The third-order valence-corrected chi connectivity index (χ3v) is 8.59. The van der Waals surface area contributed by atoms with Crippen molar-refractivity contribution in [3.8, 4) is 11.1 Å². The molecule has 10 heteroatoms. The molecule has 0 bridgehead atoms. The van der Waals surface area contributed by atoms with Gasteiger partial charge in [0.25, 0.3) is 0 Å². The highest BCUT2D eigenvalue weighted by Gasteiger charge is 2.34. The number of nitrogens with zero attached hydrogens (tertiary/aromatic N) is 4. The van der Waals surface area contributed by atoms with E-state index in [2.05, 4.69) is 16.5 Å². The first kappa shape index (κ1) is 25.8. The van der Waals surface area contributed by atoms with Crippen LogP contribution >= 0.6 is 23.4 Å². The van der Waals surface area contributed by atoms with Gasteiger partial charge in [0.05, 0.1) is 23.2 Å². The summed E-state index contributed by atoms with van der Waals surface area (Å²) in [7, 11) is 1.63. The van der Waals surface area contributed by atoms with E-state index in [0.29, 0.717) is 36.2 Å². The largest absolute Gasteiger partial charge is 0.379 e. The number of carbonyl (C=O) groups is 1. The van der Waals surface area contributed by atoms with Crippen LogP contribution in [0, 0.1) is 5.82 Å². The van der Waals surface area contributed by atoms with Crippen LogP contribution < -0.4 is 10.6 Å². The molecule has 1 fully saturated rings. The summed E-state index contributed by atoms with van der Waals surface area (Å²) in [4.78, 5) is 35.2. The molecule has 2 aliphatic rings. The predicted molar refractivity (Wildman–Crippen MR) is 146 cm³/mol. The van der Waals surface area contributed by atoms with E-state index in [0.717, 1.165) is 26.9 Å². The Morgan fingerprint density at radius 1 is 1.22 bits per heavy atom. The molecule has 3 aromatic rings. The standard InChI is InChI=1S/C27H28ClFN4O3S/c1-5-22(34)33-15(2)11-31(12-16(33)3)26-20-10-21(28)23(17-6-8-18(29)9-7-17)25-24(20)32(27(35)30-26)13-19(36-4)14-37-25/h5-10,15-16,19H,1,11-14H2,2-4H3/t15-,16+,19?. The average molecular weight is 543 g/mol. The molecule has 0 spiro atoms. The monoisotopic (exact) mass is 542 g/mol. The molecule has 194 valence electrons. The van der Waals surface area contributed by atoms with Gasteiger partial charge in [-0.2, -0.15) is 4.98 Å². The zero-order valence-electron chi connectivity index (χ0n) is 20.9. The first-order chi connectivity index (χ1) is 17.7. The van der Waals surface area contributed by atoms with Gasteiger partial charge >= 0.3 is 5.69 Å². The number of hydrogen-bond donors (Lipinski definition) is 0. The van der Waals surface area contributed by atoms with Crippen LogP contribution in [0.3, 0.4) is 0 Å². The highest BCUT2D eigenvalue weighted by molar-refractivity contribution is 7.99. The lowest BCUT2D eigenvalue weighted by Crippen LogP contribution is -2.58. The normalized spacial score (nSPS) is 21.7. The predicted octanol–water partition coefficient (Wildman–Crippen LogP) is 4.59. The molecule has 7 nitrogen and oxygen atoms in total. The fraction of sp³-hybridized carbons (Fsp3) is 0.370. The second-order valence-corrected chi connectivity index (χ2v) is 11.0. The summed E-state index contributed by atoms with van der Waals surface area (Å²) < 4.78 is 21.0. The Kier molecular flexibility index (Phi) is 7.04. The average Bonchev–Trinajstić information content (AvgIpc) is 3.07. The molecule has 37 heavy (non-hydrogen) atoms. The van der Waals surface area contributed by atoms with E-state index in [9.17, 15) is 14.0 Å². The van der Waals surface area contributed by atoms with E-state index in [1.165, 1.54) is 18.2 Å². The van der Waals surface area contributed by atoms with Crippen LogP contribution in [0.5, 0.6) is 0 Å². The number of carbonyl (C=O) groups excluding carboxylic acids is 1. The quantitative estimate of drug-likeness (QED) is 0.449. The molecule has 1 unspecified atom stereocenters. The van der Waals surface area contributed by atoms with Gasteiger partial charge in [-0.25, -0.2) is 9.18 Å². The minimum Gasteiger partial charge on any atom is -0.379 e. The van der Waals surface area contributed by atoms with Crippen molar-refractivity contribution in [2.24, 2.45) is 0 Å². The number of halogens is 2. The summed E-state index contributed by atoms with van der Waals surface area (Å²) in [6, 6.07) is 7.83. The van der Waals surface area contributed by atoms with Crippen LogP contribution in [-0.2, 0) is 16.1 Å². The lowest BCUT2D eigenvalue weighted by molar-refractivity contribution is -0.130. The SMILES string of the molecule is C=CC(=O)N1[C@H](C)CN(c2nc(=O)n3c4c(c(-c5ccc(F)cc5)c(Cl)cc24)SCC(OC)C3)C[C@@H]1C. The third-order valence-electron chi connectivity index (χ3n) is 7.06. The summed E-state index contributed by atoms with van der Waals surface area (Å²) in [5.41, 5.74) is 1.89. The molecule has 3 atom stereocenters. The molecule has 5 rings (SSSR count). The molecule has 0 N–H and O–H groups in total. The summed E-state index contributed by atoms with van der Waals surface area (Å²) in [5, 5.41) is 1.25. The molecule has 1 saturated heterocycles. The van der Waals surface area contributed by atoms with Gasteiger partial charge in [-0.15, -0.1) is 11.8 Å². The number of thioether (sulfide) groups is 1. The topological polar surface area (TPSA) is 67.7 Å². The lowest BCUT2D eigenvalue weighted by atomic mass is 10.0. The smallest absolute Gasteiger partial charge is 0.350 e. The Hall–Kier alpha value is -2.88. The molecular weight excluding hydrogens is 515 g/mol. The first-order valence-corrected chi connectivity index (χ1v) is 13.5. The molecule has 0 radical (unpaired) electrons. The molecule has 0 aliphatic carbocycles. The Balaban J connectivity index is 1.73. The van der Waals surface area contributed by atoms with Gasteiger partial charge in [-0.3, -0.25) is 9.36 Å². The maximum absolute atomic E-state index is 13.7. The number of rotatable bonds is 4. The fourth-order valence-corrected chi connectivity index (χ4v) is 7.10. The minimum atomic E-state index is -0.370. The van der Waals surface area contributed by atoms with Crippen LogP contribution in [0.25, 0.3) is 22.0 Å².